The lowest BCUT2D eigenvalue weighted by Gasteiger charge is -2.06. The fourth-order valence-corrected chi connectivity index (χ4v) is 1.12. The highest BCUT2D eigenvalue weighted by atomic mass is 35.5. The zero-order valence-electron chi connectivity index (χ0n) is 6.25. The summed E-state index contributed by atoms with van der Waals surface area (Å²) in [4.78, 5) is 0. The van der Waals surface area contributed by atoms with Crippen LogP contribution in [0.4, 0.5) is 0 Å². The van der Waals surface area contributed by atoms with Crippen LogP contribution < -0.4 is 5.73 Å². The number of thioether (sulfide) groups is 1. The summed E-state index contributed by atoms with van der Waals surface area (Å²) in [5.74, 6) is 1.10. The molecule has 0 heterocycles. The summed E-state index contributed by atoms with van der Waals surface area (Å²) < 4.78 is 0. The Morgan fingerprint density at radius 2 is 2.10 bits per heavy atom. The van der Waals surface area contributed by atoms with Gasteiger partial charge in [-0.25, -0.2) is 0 Å². The minimum atomic E-state index is 0. The molecule has 0 bridgehead atoms. The Bertz CT molecular complexity index is 65.7. The molecule has 0 saturated heterocycles. The van der Waals surface area contributed by atoms with Crippen LogP contribution in [0, 0.1) is 0 Å². The molecule has 0 spiro atoms. The smallest absolute Gasteiger partial charge is 0.0445 e. The largest absolute Gasteiger partial charge is 0.396 e. The van der Waals surface area contributed by atoms with Crippen molar-refractivity contribution < 1.29 is 5.11 Å². The molecular formula is C6H16ClNOS. The van der Waals surface area contributed by atoms with Crippen molar-refractivity contribution in [2.75, 3.05) is 18.6 Å². The Hall–Kier alpha value is 0.560. The molecular weight excluding hydrogens is 170 g/mol. The summed E-state index contributed by atoms with van der Waals surface area (Å²) in [5.41, 5.74) is 5.60. The van der Waals surface area contributed by atoms with Crippen LogP contribution in [0.1, 0.15) is 12.8 Å². The standard InChI is InChI=1S/C6H15NOS.ClH/c1-9-5-3-6(7)2-4-8;/h6,8H,2-5,7H2,1H3;1H. The molecule has 2 nitrogen and oxygen atoms in total. The molecule has 64 valence electrons. The van der Waals surface area contributed by atoms with Crippen molar-refractivity contribution in [3.8, 4) is 0 Å². The fourth-order valence-electron chi connectivity index (χ4n) is 0.579. The van der Waals surface area contributed by atoms with Crippen LogP contribution in [0.25, 0.3) is 0 Å². The zero-order chi connectivity index (χ0) is 7.11. The van der Waals surface area contributed by atoms with Gasteiger partial charge in [0, 0.05) is 12.6 Å². The number of halogens is 1. The summed E-state index contributed by atoms with van der Waals surface area (Å²) in [5, 5.41) is 8.45. The highest BCUT2D eigenvalue weighted by molar-refractivity contribution is 7.98. The van der Waals surface area contributed by atoms with Crippen LogP contribution in [-0.2, 0) is 0 Å². The van der Waals surface area contributed by atoms with E-state index in [9.17, 15) is 0 Å². The van der Waals surface area contributed by atoms with Crippen molar-refractivity contribution >= 4 is 24.2 Å². The quantitative estimate of drug-likeness (QED) is 0.669. The summed E-state index contributed by atoms with van der Waals surface area (Å²) in [6.07, 6.45) is 3.81. The lowest BCUT2D eigenvalue weighted by atomic mass is 10.2. The normalized spacial score (nSPS) is 12.3. The average Bonchev–Trinajstić information content (AvgIpc) is 1.85. The number of nitrogens with two attached hydrogens (primary N) is 1. The summed E-state index contributed by atoms with van der Waals surface area (Å²) in [6.45, 7) is 0.218. The zero-order valence-corrected chi connectivity index (χ0v) is 7.88. The van der Waals surface area contributed by atoms with E-state index in [4.69, 9.17) is 10.8 Å². The van der Waals surface area contributed by atoms with Gasteiger partial charge in [-0.1, -0.05) is 0 Å². The van der Waals surface area contributed by atoms with Gasteiger partial charge >= 0.3 is 0 Å². The maximum absolute atomic E-state index is 8.45. The number of hydrogen-bond acceptors (Lipinski definition) is 3. The molecule has 0 aromatic carbocycles. The third-order valence-electron chi connectivity index (χ3n) is 1.19. The van der Waals surface area contributed by atoms with Gasteiger partial charge in [0.15, 0.2) is 0 Å². The molecule has 0 aromatic rings. The van der Waals surface area contributed by atoms with Crippen molar-refractivity contribution in [3.63, 3.8) is 0 Å². The first-order chi connectivity index (χ1) is 4.31. The number of aliphatic hydroxyl groups is 1. The maximum atomic E-state index is 8.45. The van der Waals surface area contributed by atoms with Gasteiger partial charge in [0.25, 0.3) is 0 Å². The van der Waals surface area contributed by atoms with Crippen LogP contribution >= 0.6 is 24.2 Å². The Balaban J connectivity index is 0. The molecule has 0 amide bonds. The van der Waals surface area contributed by atoms with Gasteiger partial charge < -0.3 is 10.8 Å². The van der Waals surface area contributed by atoms with E-state index in [1.807, 2.05) is 0 Å². The maximum Gasteiger partial charge on any atom is 0.0445 e. The van der Waals surface area contributed by atoms with E-state index in [1.165, 1.54) is 0 Å². The summed E-state index contributed by atoms with van der Waals surface area (Å²) >= 11 is 1.79. The van der Waals surface area contributed by atoms with Crippen molar-refractivity contribution in [1.29, 1.82) is 0 Å². The van der Waals surface area contributed by atoms with Gasteiger partial charge in [-0.3, -0.25) is 0 Å². The Labute approximate surface area is 73.0 Å². The third-order valence-corrected chi connectivity index (χ3v) is 1.84. The molecule has 0 aliphatic heterocycles. The van der Waals surface area contributed by atoms with E-state index in [-0.39, 0.29) is 25.1 Å². The molecule has 0 aromatic heterocycles. The van der Waals surface area contributed by atoms with Gasteiger partial charge in [0.05, 0.1) is 0 Å². The first kappa shape index (κ1) is 13.2. The van der Waals surface area contributed by atoms with Gasteiger partial charge in [-0.05, 0) is 24.9 Å². The van der Waals surface area contributed by atoms with Gasteiger partial charge in [0.1, 0.15) is 0 Å². The van der Waals surface area contributed by atoms with E-state index in [0.29, 0.717) is 0 Å². The predicted octanol–water partition coefficient (Wildman–Crippen LogP) is 0.871. The second-order valence-electron chi connectivity index (χ2n) is 2.05. The SMILES string of the molecule is CSCCC(N)CCO.Cl. The van der Waals surface area contributed by atoms with Gasteiger partial charge in [-0.15, -0.1) is 12.4 Å². The second-order valence-corrected chi connectivity index (χ2v) is 3.04. The molecule has 4 heteroatoms. The second kappa shape index (κ2) is 9.56. The van der Waals surface area contributed by atoms with Crippen LogP contribution in [0.15, 0.2) is 0 Å². The molecule has 0 fully saturated rings. The van der Waals surface area contributed by atoms with Crippen LogP contribution in [0.5, 0.6) is 0 Å². The summed E-state index contributed by atoms with van der Waals surface area (Å²) in [6, 6.07) is 0.197. The minimum Gasteiger partial charge on any atom is -0.396 e. The molecule has 1 atom stereocenters. The molecule has 0 aliphatic rings. The molecule has 1 unspecified atom stereocenters. The Kier molecular flexibility index (Phi) is 12.6. The molecule has 0 radical (unpaired) electrons. The van der Waals surface area contributed by atoms with Crippen LogP contribution in [-0.4, -0.2) is 29.8 Å². The van der Waals surface area contributed by atoms with Crippen molar-refractivity contribution in [1.82, 2.24) is 0 Å². The van der Waals surface area contributed by atoms with Crippen LogP contribution in [0.2, 0.25) is 0 Å². The molecule has 10 heavy (non-hydrogen) atoms. The van der Waals surface area contributed by atoms with E-state index in [1.54, 1.807) is 11.8 Å². The van der Waals surface area contributed by atoms with Gasteiger partial charge in [-0.2, -0.15) is 11.8 Å². The minimum absolute atomic E-state index is 0. The number of aliphatic hydroxyl groups excluding tert-OH is 1. The Morgan fingerprint density at radius 3 is 2.50 bits per heavy atom. The molecule has 0 aliphatic carbocycles. The predicted molar refractivity (Wildman–Crippen MR) is 49.9 cm³/mol. The number of rotatable bonds is 5. The topological polar surface area (TPSA) is 46.2 Å². The Morgan fingerprint density at radius 1 is 1.50 bits per heavy atom. The first-order valence-electron chi connectivity index (χ1n) is 3.16. The third kappa shape index (κ3) is 8.56. The molecule has 3 N–H and O–H groups in total. The fraction of sp³-hybridized carbons (Fsp3) is 1.00. The van der Waals surface area contributed by atoms with Gasteiger partial charge in [0.2, 0.25) is 0 Å². The van der Waals surface area contributed by atoms with E-state index in [0.717, 1.165) is 18.6 Å². The van der Waals surface area contributed by atoms with Crippen molar-refractivity contribution in [2.24, 2.45) is 5.73 Å². The van der Waals surface area contributed by atoms with E-state index < -0.39 is 0 Å². The number of hydrogen-bond donors (Lipinski definition) is 2. The van der Waals surface area contributed by atoms with Crippen molar-refractivity contribution in [2.45, 2.75) is 18.9 Å². The van der Waals surface area contributed by atoms with Crippen LogP contribution in [0.3, 0.4) is 0 Å². The monoisotopic (exact) mass is 185 g/mol. The summed E-state index contributed by atoms with van der Waals surface area (Å²) in [7, 11) is 0. The average molecular weight is 186 g/mol. The first-order valence-corrected chi connectivity index (χ1v) is 4.56. The van der Waals surface area contributed by atoms with E-state index >= 15 is 0 Å². The highest BCUT2D eigenvalue weighted by Gasteiger charge is 1.98. The molecule has 0 saturated carbocycles. The highest BCUT2D eigenvalue weighted by Crippen LogP contribution is 2.00. The van der Waals surface area contributed by atoms with E-state index in [2.05, 4.69) is 6.26 Å². The van der Waals surface area contributed by atoms with Crippen molar-refractivity contribution in [3.05, 3.63) is 0 Å². The lowest BCUT2D eigenvalue weighted by Crippen LogP contribution is -2.21. The lowest BCUT2D eigenvalue weighted by molar-refractivity contribution is 0.275. The molecule has 0 rings (SSSR count).